The van der Waals surface area contributed by atoms with Gasteiger partial charge in [0.2, 0.25) is 5.91 Å². The van der Waals surface area contributed by atoms with E-state index in [9.17, 15) is 14.4 Å². The summed E-state index contributed by atoms with van der Waals surface area (Å²) in [4.78, 5) is 40.0. The third kappa shape index (κ3) is 2.83. The summed E-state index contributed by atoms with van der Waals surface area (Å²) < 4.78 is 11.3. The highest BCUT2D eigenvalue weighted by atomic mass is 16.7. The summed E-state index contributed by atoms with van der Waals surface area (Å²) in [6.07, 6.45) is 1.46. The Hall–Kier alpha value is -2.25. The molecule has 0 bridgehead atoms. The predicted octanol–water partition coefficient (Wildman–Crippen LogP) is 1.04. The lowest BCUT2D eigenvalue weighted by Gasteiger charge is -2.37. The van der Waals surface area contributed by atoms with Crippen molar-refractivity contribution in [2.45, 2.75) is 25.0 Å². The van der Waals surface area contributed by atoms with Crippen LogP contribution in [0.2, 0.25) is 0 Å². The number of hydrogen-bond acceptors (Lipinski definition) is 5. The number of carbonyl (C=O) groups excluding carboxylic acids is 3. The van der Waals surface area contributed by atoms with Gasteiger partial charge in [0.1, 0.15) is 0 Å². The molecule has 1 spiro atoms. The van der Waals surface area contributed by atoms with Crippen molar-refractivity contribution < 1.29 is 23.9 Å². The van der Waals surface area contributed by atoms with Crippen LogP contribution in [0.4, 0.5) is 0 Å². The van der Waals surface area contributed by atoms with Gasteiger partial charge in [0.05, 0.1) is 24.3 Å². The lowest BCUT2D eigenvalue weighted by molar-refractivity contribution is -0.187. The first-order valence-corrected chi connectivity index (χ1v) is 8.61. The molecule has 2 fully saturated rings. The highest BCUT2D eigenvalue weighted by Crippen LogP contribution is 2.31. The van der Waals surface area contributed by atoms with Gasteiger partial charge in [-0.1, -0.05) is 12.1 Å². The van der Waals surface area contributed by atoms with Crippen LogP contribution >= 0.6 is 0 Å². The maximum Gasteiger partial charge on any atom is 0.261 e. The topological polar surface area (TPSA) is 76.2 Å². The second-order valence-electron chi connectivity index (χ2n) is 6.55. The summed E-state index contributed by atoms with van der Waals surface area (Å²) in [6, 6.07) is 6.75. The molecule has 2 saturated heterocycles. The maximum atomic E-state index is 12.4. The largest absolute Gasteiger partial charge is 0.347 e. The average Bonchev–Trinajstić information content (AvgIpc) is 3.18. The number of rotatable bonds is 3. The van der Waals surface area contributed by atoms with E-state index in [1.54, 1.807) is 29.2 Å². The van der Waals surface area contributed by atoms with Crippen LogP contribution in [-0.2, 0) is 14.3 Å². The Kier molecular flexibility index (Phi) is 4.05. The van der Waals surface area contributed by atoms with Crippen LogP contribution in [0.15, 0.2) is 24.3 Å². The van der Waals surface area contributed by atoms with E-state index >= 15 is 0 Å². The van der Waals surface area contributed by atoms with E-state index in [2.05, 4.69) is 0 Å². The number of fused-ring (bicyclic) bond motifs is 1. The monoisotopic (exact) mass is 344 g/mol. The summed E-state index contributed by atoms with van der Waals surface area (Å²) in [5.74, 6) is -1.21. The van der Waals surface area contributed by atoms with E-state index in [0.717, 1.165) is 4.90 Å². The Morgan fingerprint density at radius 2 is 1.56 bits per heavy atom. The number of nitrogens with zero attached hydrogens (tertiary/aromatic N) is 2. The van der Waals surface area contributed by atoms with Crippen molar-refractivity contribution in [3.8, 4) is 0 Å². The quantitative estimate of drug-likeness (QED) is 0.766. The van der Waals surface area contributed by atoms with Crippen LogP contribution in [0.25, 0.3) is 0 Å². The van der Waals surface area contributed by atoms with Gasteiger partial charge < -0.3 is 14.4 Å². The number of benzene rings is 1. The molecule has 3 heterocycles. The number of ether oxygens (including phenoxy) is 2. The zero-order valence-corrected chi connectivity index (χ0v) is 13.9. The lowest BCUT2D eigenvalue weighted by Crippen LogP contribution is -2.48. The van der Waals surface area contributed by atoms with E-state index in [1.165, 1.54) is 0 Å². The molecule has 3 aliphatic rings. The third-order valence-electron chi connectivity index (χ3n) is 5.12. The molecule has 4 rings (SSSR count). The molecule has 3 aliphatic heterocycles. The lowest BCUT2D eigenvalue weighted by atomic mass is 10.0. The number of carbonyl (C=O) groups is 3. The molecule has 7 nitrogen and oxygen atoms in total. The first kappa shape index (κ1) is 16.2. The van der Waals surface area contributed by atoms with Gasteiger partial charge in [0.15, 0.2) is 5.79 Å². The van der Waals surface area contributed by atoms with Gasteiger partial charge in [-0.05, 0) is 12.1 Å². The van der Waals surface area contributed by atoms with Gasteiger partial charge in [-0.15, -0.1) is 0 Å². The molecule has 0 aliphatic carbocycles. The molecular formula is C18H20N2O5. The van der Waals surface area contributed by atoms with Crippen LogP contribution < -0.4 is 0 Å². The Morgan fingerprint density at radius 1 is 1.00 bits per heavy atom. The average molecular weight is 344 g/mol. The van der Waals surface area contributed by atoms with E-state index in [0.29, 0.717) is 50.3 Å². The summed E-state index contributed by atoms with van der Waals surface area (Å²) in [6.45, 7) is 2.46. The smallest absolute Gasteiger partial charge is 0.261 e. The van der Waals surface area contributed by atoms with Gasteiger partial charge in [0.25, 0.3) is 11.8 Å². The zero-order valence-electron chi connectivity index (χ0n) is 13.9. The van der Waals surface area contributed by atoms with Crippen molar-refractivity contribution >= 4 is 17.7 Å². The van der Waals surface area contributed by atoms with Crippen LogP contribution in [0.3, 0.4) is 0 Å². The molecule has 0 radical (unpaired) electrons. The normalized spacial score (nSPS) is 21.9. The van der Waals surface area contributed by atoms with Crippen molar-refractivity contribution in [3.63, 3.8) is 0 Å². The minimum atomic E-state index is -0.515. The van der Waals surface area contributed by atoms with Gasteiger partial charge in [-0.2, -0.15) is 0 Å². The van der Waals surface area contributed by atoms with Crippen molar-refractivity contribution in [3.05, 3.63) is 35.4 Å². The highest BCUT2D eigenvalue weighted by Gasteiger charge is 2.41. The molecule has 132 valence electrons. The first-order valence-electron chi connectivity index (χ1n) is 8.61. The third-order valence-corrected chi connectivity index (χ3v) is 5.12. The van der Waals surface area contributed by atoms with E-state index < -0.39 is 5.79 Å². The Morgan fingerprint density at radius 3 is 2.12 bits per heavy atom. The molecule has 1 aromatic carbocycles. The number of piperidine rings is 1. The van der Waals surface area contributed by atoms with Crippen molar-refractivity contribution in [1.29, 1.82) is 0 Å². The molecule has 0 aromatic heterocycles. The zero-order chi connectivity index (χ0) is 17.4. The van der Waals surface area contributed by atoms with Gasteiger partial charge >= 0.3 is 0 Å². The number of likely N-dealkylation sites (tertiary alicyclic amines) is 1. The molecular weight excluding hydrogens is 324 g/mol. The number of hydrogen-bond donors (Lipinski definition) is 0. The predicted molar refractivity (Wildman–Crippen MR) is 86.9 cm³/mol. The minimum Gasteiger partial charge on any atom is -0.347 e. The summed E-state index contributed by atoms with van der Waals surface area (Å²) in [7, 11) is 0. The van der Waals surface area contributed by atoms with Crippen molar-refractivity contribution in [1.82, 2.24) is 9.80 Å². The van der Waals surface area contributed by atoms with Crippen LogP contribution in [0.1, 0.15) is 40.0 Å². The molecule has 3 amide bonds. The molecule has 0 unspecified atom stereocenters. The molecule has 0 saturated carbocycles. The number of amides is 3. The van der Waals surface area contributed by atoms with Crippen LogP contribution in [-0.4, -0.2) is 66.2 Å². The molecule has 25 heavy (non-hydrogen) atoms. The Balaban J connectivity index is 1.33. The van der Waals surface area contributed by atoms with E-state index in [4.69, 9.17) is 9.47 Å². The minimum absolute atomic E-state index is 0.0515. The Labute approximate surface area is 145 Å². The summed E-state index contributed by atoms with van der Waals surface area (Å²) in [5, 5.41) is 0. The second kappa shape index (κ2) is 6.24. The fraction of sp³-hybridized carbons (Fsp3) is 0.500. The molecule has 0 N–H and O–H groups in total. The van der Waals surface area contributed by atoms with Gasteiger partial charge in [-0.3, -0.25) is 19.3 Å². The van der Waals surface area contributed by atoms with E-state index in [1.807, 2.05) is 0 Å². The van der Waals surface area contributed by atoms with Crippen molar-refractivity contribution in [2.24, 2.45) is 0 Å². The first-order chi connectivity index (χ1) is 12.1. The SMILES string of the molecule is O=C(CCN1C(=O)c2ccccc2C1=O)N1CCC2(CC1)OCCO2. The standard InChI is InChI=1S/C18H20N2O5/c21-15(19-9-6-18(7-10-19)24-11-12-25-18)5-8-20-16(22)13-3-1-2-4-14(13)17(20)23/h1-4H,5-12H2. The molecule has 7 heteroatoms. The van der Waals surface area contributed by atoms with E-state index in [-0.39, 0.29) is 30.7 Å². The molecule has 0 atom stereocenters. The van der Waals surface area contributed by atoms with Crippen molar-refractivity contribution in [2.75, 3.05) is 32.8 Å². The second-order valence-corrected chi connectivity index (χ2v) is 6.55. The highest BCUT2D eigenvalue weighted by molar-refractivity contribution is 6.21. The summed E-state index contributed by atoms with van der Waals surface area (Å²) in [5.41, 5.74) is 0.825. The fourth-order valence-electron chi connectivity index (χ4n) is 3.69. The Bertz CT molecular complexity index is 681. The van der Waals surface area contributed by atoms with Gasteiger partial charge in [0, 0.05) is 38.9 Å². The van der Waals surface area contributed by atoms with Crippen LogP contribution in [0, 0.1) is 0 Å². The maximum absolute atomic E-state index is 12.4. The fourth-order valence-corrected chi connectivity index (χ4v) is 3.69. The van der Waals surface area contributed by atoms with Gasteiger partial charge in [-0.25, -0.2) is 0 Å². The number of imide groups is 1. The van der Waals surface area contributed by atoms with Crippen LogP contribution in [0.5, 0.6) is 0 Å². The molecule has 1 aromatic rings. The summed E-state index contributed by atoms with van der Waals surface area (Å²) >= 11 is 0.